The number of nitrogens with zero attached hydrogens (tertiary/aromatic N) is 3. The van der Waals surface area contributed by atoms with Crippen molar-refractivity contribution in [1.29, 1.82) is 0 Å². The minimum Gasteiger partial charge on any atom is -0.355 e. The Hall–Kier alpha value is -2.10. The lowest BCUT2D eigenvalue weighted by Crippen LogP contribution is -2.43. The smallest absolute Gasteiger partial charge is 0.225 e. The largest absolute Gasteiger partial charge is 0.355 e. The Balaban J connectivity index is 0.00000392. The molecule has 2 rings (SSSR count). The standard InChI is InChI=1S/C20H30N6O.HI/c1-20(2,3)18(27)22-11-12-23-19(21-4)24-14-16-8-5-6-9-17(16)15-26-13-7-10-25-26;/h5-10,13H,11-12,14-15H2,1-4H3,(H,22,27)(H2,21,23,24);1H. The van der Waals surface area contributed by atoms with Gasteiger partial charge in [0.05, 0.1) is 6.54 Å². The normalized spacial score (nSPS) is 11.5. The van der Waals surface area contributed by atoms with Crippen molar-refractivity contribution in [3.63, 3.8) is 0 Å². The number of hydrogen-bond donors (Lipinski definition) is 3. The summed E-state index contributed by atoms with van der Waals surface area (Å²) < 4.78 is 1.91. The fraction of sp³-hybridized carbons (Fsp3) is 0.450. The summed E-state index contributed by atoms with van der Waals surface area (Å²) in [5.41, 5.74) is 2.02. The van der Waals surface area contributed by atoms with Crippen molar-refractivity contribution in [2.75, 3.05) is 20.1 Å². The molecule has 0 atom stereocenters. The van der Waals surface area contributed by atoms with Crippen LogP contribution in [0.1, 0.15) is 31.9 Å². The molecule has 7 nitrogen and oxygen atoms in total. The van der Waals surface area contributed by atoms with Gasteiger partial charge in [-0.2, -0.15) is 5.10 Å². The summed E-state index contributed by atoms with van der Waals surface area (Å²) in [7, 11) is 1.73. The second-order valence-corrected chi connectivity index (χ2v) is 7.33. The van der Waals surface area contributed by atoms with Gasteiger partial charge in [-0.1, -0.05) is 45.0 Å². The van der Waals surface area contributed by atoms with Crippen molar-refractivity contribution in [2.45, 2.75) is 33.9 Å². The van der Waals surface area contributed by atoms with Crippen LogP contribution in [0, 0.1) is 5.41 Å². The Bertz CT molecular complexity index is 752. The molecule has 1 aromatic carbocycles. The number of aromatic nitrogens is 2. The van der Waals surface area contributed by atoms with Crippen LogP contribution >= 0.6 is 24.0 Å². The molecule has 154 valence electrons. The highest BCUT2D eigenvalue weighted by Gasteiger charge is 2.20. The van der Waals surface area contributed by atoms with E-state index in [1.807, 2.05) is 49.8 Å². The van der Waals surface area contributed by atoms with E-state index in [0.29, 0.717) is 25.6 Å². The average molecular weight is 498 g/mol. The molecule has 1 heterocycles. The lowest BCUT2D eigenvalue weighted by molar-refractivity contribution is -0.128. The molecule has 0 bridgehead atoms. The molecular formula is C20H31IN6O. The van der Waals surface area contributed by atoms with Gasteiger partial charge in [-0.3, -0.25) is 14.5 Å². The van der Waals surface area contributed by atoms with Crippen molar-refractivity contribution < 1.29 is 4.79 Å². The van der Waals surface area contributed by atoms with Crippen LogP contribution in [0.4, 0.5) is 0 Å². The molecule has 0 aliphatic rings. The first-order valence-electron chi connectivity index (χ1n) is 9.17. The van der Waals surface area contributed by atoms with Crippen LogP contribution in [0.2, 0.25) is 0 Å². The van der Waals surface area contributed by atoms with Gasteiger partial charge < -0.3 is 16.0 Å². The van der Waals surface area contributed by atoms with Crippen LogP contribution in [-0.2, 0) is 17.9 Å². The van der Waals surface area contributed by atoms with Crippen LogP contribution in [0.5, 0.6) is 0 Å². The summed E-state index contributed by atoms with van der Waals surface area (Å²) in [5, 5.41) is 13.7. The number of hydrogen-bond acceptors (Lipinski definition) is 3. The van der Waals surface area contributed by atoms with Crippen LogP contribution in [0.15, 0.2) is 47.7 Å². The van der Waals surface area contributed by atoms with Gasteiger partial charge in [0.25, 0.3) is 0 Å². The van der Waals surface area contributed by atoms with Gasteiger partial charge in [-0.15, -0.1) is 24.0 Å². The zero-order valence-electron chi connectivity index (χ0n) is 17.0. The van der Waals surface area contributed by atoms with Gasteiger partial charge in [0.2, 0.25) is 5.91 Å². The van der Waals surface area contributed by atoms with Crippen molar-refractivity contribution in [1.82, 2.24) is 25.7 Å². The monoisotopic (exact) mass is 498 g/mol. The molecule has 2 aromatic rings. The van der Waals surface area contributed by atoms with Gasteiger partial charge in [0, 0.05) is 44.5 Å². The molecular weight excluding hydrogens is 467 g/mol. The predicted octanol–water partition coefficient (Wildman–Crippen LogP) is 2.38. The first-order valence-corrected chi connectivity index (χ1v) is 9.17. The molecule has 1 aromatic heterocycles. The van der Waals surface area contributed by atoms with Gasteiger partial charge in [0.15, 0.2) is 5.96 Å². The number of rotatable bonds is 7. The van der Waals surface area contributed by atoms with Crippen molar-refractivity contribution in [3.05, 3.63) is 53.9 Å². The molecule has 0 spiro atoms. The molecule has 0 fully saturated rings. The Morgan fingerprint density at radius 2 is 1.75 bits per heavy atom. The van der Waals surface area contributed by atoms with E-state index in [2.05, 4.69) is 38.2 Å². The molecule has 0 unspecified atom stereocenters. The molecule has 0 saturated heterocycles. The number of halogens is 1. The maximum Gasteiger partial charge on any atom is 0.225 e. The summed E-state index contributed by atoms with van der Waals surface area (Å²) in [4.78, 5) is 16.1. The average Bonchev–Trinajstić information content (AvgIpc) is 3.14. The van der Waals surface area contributed by atoms with Gasteiger partial charge >= 0.3 is 0 Å². The van der Waals surface area contributed by atoms with Crippen LogP contribution in [0.3, 0.4) is 0 Å². The fourth-order valence-corrected chi connectivity index (χ4v) is 2.47. The van der Waals surface area contributed by atoms with E-state index in [0.717, 1.165) is 6.54 Å². The third-order valence-electron chi connectivity index (χ3n) is 4.06. The highest BCUT2D eigenvalue weighted by atomic mass is 127. The first-order chi connectivity index (χ1) is 12.9. The van der Waals surface area contributed by atoms with E-state index in [1.165, 1.54) is 11.1 Å². The van der Waals surface area contributed by atoms with Crippen molar-refractivity contribution in [2.24, 2.45) is 10.4 Å². The van der Waals surface area contributed by atoms with Crippen LogP contribution < -0.4 is 16.0 Å². The SMILES string of the molecule is CN=C(NCCNC(=O)C(C)(C)C)NCc1ccccc1Cn1cccn1.I. The molecule has 0 saturated carbocycles. The summed E-state index contributed by atoms with van der Waals surface area (Å²) >= 11 is 0. The van der Waals surface area contributed by atoms with E-state index in [4.69, 9.17) is 0 Å². The minimum atomic E-state index is -0.377. The lowest BCUT2D eigenvalue weighted by atomic mass is 9.96. The maximum atomic E-state index is 11.9. The summed E-state index contributed by atoms with van der Waals surface area (Å²) in [6.45, 7) is 8.25. The summed E-state index contributed by atoms with van der Waals surface area (Å²) in [5.74, 6) is 0.744. The summed E-state index contributed by atoms with van der Waals surface area (Å²) in [6.07, 6.45) is 3.74. The van der Waals surface area contributed by atoms with E-state index in [-0.39, 0.29) is 35.3 Å². The molecule has 28 heavy (non-hydrogen) atoms. The zero-order chi connectivity index (χ0) is 19.7. The highest BCUT2D eigenvalue weighted by Crippen LogP contribution is 2.12. The van der Waals surface area contributed by atoms with Crippen molar-refractivity contribution in [3.8, 4) is 0 Å². The van der Waals surface area contributed by atoms with Gasteiger partial charge in [-0.05, 0) is 17.2 Å². The quantitative estimate of drug-likeness (QED) is 0.237. The second-order valence-electron chi connectivity index (χ2n) is 7.33. The molecule has 0 aliphatic heterocycles. The van der Waals surface area contributed by atoms with E-state index >= 15 is 0 Å². The van der Waals surface area contributed by atoms with E-state index < -0.39 is 0 Å². The number of nitrogens with one attached hydrogen (secondary N) is 3. The minimum absolute atomic E-state index is 0. The van der Waals surface area contributed by atoms with Crippen LogP contribution in [0.25, 0.3) is 0 Å². The predicted molar refractivity (Wildman–Crippen MR) is 124 cm³/mol. The topological polar surface area (TPSA) is 83.3 Å². The van der Waals surface area contributed by atoms with Crippen molar-refractivity contribution >= 4 is 35.8 Å². The Kier molecular flexibility index (Phi) is 9.98. The molecule has 1 amide bonds. The highest BCUT2D eigenvalue weighted by molar-refractivity contribution is 14.0. The first kappa shape index (κ1) is 23.9. The Morgan fingerprint density at radius 1 is 1.07 bits per heavy atom. The van der Waals surface area contributed by atoms with E-state index in [1.54, 1.807) is 13.2 Å². The zero-order valence-corrected chi connectivity index (χ0v) is 19.4. The van der Waals surface area contributed by atoms with Gasteiger partial charge in [0.1, 0.15) is 0 Å². The molecule has 8 heteroatoms. The Labute approximate surface area is 184 Å². The second kappa shape index (κ2) is 11.7. The van der Waals surface area contributed by atoms with Crippen LogP contribution in [-0.4, -0.2) is 41.8 Å². The fourth-order valence-electron chi connectivity index (χ4n) is 2.47. The number of carbonyl (C=O) groups is 1. The number of carbonyl (C=O) groups excluding carboxylic acids is 1. The number of benzene rings is 1. The third kappa shape index (κ3) is 7.87. The van der Waals surface area contributed by atoms with Gasteiger partial charge in [-0.25, -0.2) is 0 Å². The number of amides is 1. The number of aliphatic imine (C=N–C) groups is 1. The molecule has 0 radical (unpaired) electrons. The maximum absolute atomic E-state index is 11.9. The third-order valence-corrected chi connectivity index (χ3v) is 4.06. The number of guanidine groups is 1. The summed E-state index contributed by atoms with van der Waals surface area (Å²) in [6, 6.07) is 10.2. The molecule has 0 aliphatic carbocycles. The Morgan fingerprint density at radius 3 is 2.36 bits per heavy atom. The lowest BCUT2D eigenvalue weighted by Gasteiger charge is -2.18. The molecule has 3 N–H and O–H groups in total. The van der Waals surface area contributed by atoms with E-state index in [9.17, 15) is 4.79 Å².